The molecule has 1 aromatic heterocycles. The molecule has 1 heterocycles. The number of carbonyl (C=O) groups excluding carboxylic acids is 2. The fourth-order valence-electron chi connectivity index (χ4n) is 2.13. The first kappa shape index (κ1) is 15.3. The summed E-state index contributed by atoms with van der Waals surface area (Å²) in [5, 5.41) is 13.6. The number of nitrogens with one attached hydrogen (secondary N) is 1. The van der Waals surface area contributed by atoms with E-state index in [1.165, 1.54) is 18.2 Å². The number of thiazole rings is 1. The molecule has 0 radical (unpaired) electrons. The third kappa shape index (κ3) is 3.45. The van der Waals surface area contributed by atoms with Crippen LogP contribution in [0.2, 0.25) is 0 Å². The van der Waals surface area contributed by atoms with Crippen LogP contribution in [0.1, 0.15) is 19.3 Å². The Labute approximate surface area is 134 Å². The number of nitro groups is 1. The zero-order valence-electron chi connectivity index (χ0n) is 12.0. The van der Waals surface area contributed by atoms with Gasteiger partial charge in [0.05, 0.1) is 21.1 Å². The highest BCUT2D eigenvalue weighted by Gasteiger charge is 2.27. The number of ether oxygens (including phenoxy) is 1. The van der Waals surface area contributed by atoms with Crippen molar-refractivity contribution in [1.29, 1.82) is 0 Å². The number of fused-ring (bicyclic) bond motifs is 1. The molecule has 0 aliphatic heterocycles. The summed E-state index contributed by atoms with van der Waals surface area (Å²) in [6, 6.07) is 4.28. The van der Waals surface area contributed by atoms with Gasteiger partial charge in [0, 0.05) is 12.1 Å². The van der Waals surface area contributed by atoms with Crippen molar-refractivity contribution in [3.8, 4) is 0 Å². The number of carbonyl (C=O) groups is 2. The molecular formula is C14H13N3O5S. The van der Waals surface area contributed by atoms with E-state index in [1.807, 2.05) is 0 Å². The molecular weight excluding hydrogens is 322 g/mol. The Morgan fingerprint density at radius 2 is 2.22 bits per heavy atom. The van der Waals surface area contributed by atoms with Crippen LogP contribution >= 0.6 is 11.3 Å². The van der Waals surface area contributed by atoms with E-state index in [0.29, 0.717) is 15.3 Å². The van der Waals surface area contributed by atoms with Gasteiger partial charge >= 0.3 is 5.97 Å². The van der Waals surface area contributed by atoms with E-state index in [-0.39, 0.29) is 24.2 Å². The predicted molar refractivity (Wildman–Crippen MR) is 83.2 cm³/mol. The Morgan fingerprint density at radius 1 is 1.43 bits per heavy atom. The lowest BCUT2D eigenvalue weighted by atomic mass is 9.86. The van der Waals surface area contributed by atoms with E-state index >= 15 is 0 Å². The first-order chi connectivity index (χ1) is 11.0. The zero-order chi connectivity index (χ0) is 16.4. The van der Waals surface area contributed by atoms with Crippen LogP contribution in [0.15, 0.2) is 18.2 Å². The minimum Gasteiger partial charge on any atom is -0.455 e. The van der Waals surface area contributed by atoms with Crippen LogP contribution in [0.5, 0.6) is 0 Å². The third-order valence-corrected chi connectivity index (χ3v) is 4.55. The normalized spacial score (nSPS) is 14.3. The number of rotatable bonds is 5. The lowest BCUT2D eigenvalue weighted by molar-refractivity contribution is -0.384. The van der Waals surface area contributed by atoms with Crippen molar-refractivity contribution in [2.24, 2.45) is 5.92 Å². The summed E-state index contributed by atoms with van der Waals surface area (Å²) in [6.45, 7) is -0.356. The Morgan fingerprint density at radius 3 is 2.87 bits per heavy atom. The maximum Gasteiger partial charge on any atom is 0.309 e. The minimum absolute atomic E-state index is 0.0338. The van der Waals surface area contributed by atoms with Crippen LogP contribution in [-0.2, 0) is 14.3 Å². The predicted octanol–water partition coefficient (Wildman–Crippen LogP) is 2.49. The van der Waals surface area contributed by atoms with Crippen molar-refractivity contribution in [3.63, 3.8) is 0 Å². The van der Waals surface area contributed by atoms with Crippen LogP contribution in [0, 0.1) is 16.0 Å². The number of nitro benzene ring substituents is 1. The molecule has 2 aromatic rings. The summed E-state index contributed by atoms with van der Waals surface area (Å²) in [7, 11) is 0. The van der Waals surface area contributed by atoms with E-state index in [0.717, 1.165) is 30.6 Å². The summed E-state index contributed by atoms with van der Waals surface area (Å²) >= 11 is 1.13. The highest BCUT2D eigenvalue weighted by molar-refractivity contribution is 7.22. The minimum atomic E-state index is -0.489. The summed E-state index contributed by atoms with van der Waals surface area (Å²) in [4.78, 5) is 37.7. The first-order valence-corrected chi connectivity index (χ1v) is 7.86. The van der Waals surface area contributed by atoms with Gasteiger partial charge in [0.25, 0.3) is 11.6 Å². The molecule has 0 bridgehead atoms. The van der Waals surface area contributed by atoms with Gasteiger partial charge in [0.2, 0.25) is 0 Å². The quantitative estimate of drug-likeness (QED) is 0.510. The van der Waals surface area contributed by atoms with Crippen molar-refractivity contribution in [2.75, 3.05) is 11.9 Å². The molecule has 0 spiro atoms. The lowest BCUT2D eigenvalue weighted by Crippen LogP contribution is -2.28. The number of amides is 1. The second kappa shape index (κ2) is 6.29. The molecule has 1 aliphatic rings. The Kier molecular flexibility index (Phi) is 4.20. The molecule has 1 saturated carbocycles. The number of nitrogens with zero attached hydrogens (tertiary/aromatic N) is 2. The highest BCUT2D eigenvalue weighted by Crippen LogP contribution is 2.29. The SMILES string of the molecule is O=C(COC(=O)C1CCC1)Nc1nc2ccc([N+](=O)[O-])cc2s1. The van der Waals surface area contributed by atoms with Gasteiger partial charge in [-0.15, -0.1) is 0 Å². The second-order valence-corrected chi connectivity index (χ2v) is 6.24. The molecule has 1 aromatic carbocycles. The molecule has 1 N–H and O–H groups in total. The Balaban J connectivity index is 1.60. The number of esters is 1. The molecule has 9 heteroatoms. The largest absolute Gasteiger partial charge is 0.455 e. The van der Waals surface area contributed by atoms with Gasteiger partial charge in [-0.2, -0.15) is 0 Å². The number of benzene rings is 1. The van der Waals surface area contributed by atoms with Crippen LogP contribution < -0.4 is 5.32 Å². The number of hydrogen-bond acceptors (Lipinski definition) is 7. The first-order valence-electron chi connectivity index (χ1n) is 7.04. The van der Waals surface area contributed by atoms with E-state index in [4.69, 9.17) is 4.74 Å². The molecule has 1 amide bonds. The fourth-order valence-corrected chi connectivity index (χ4v) is 3.05. The average molecular weight is 335 g/mol. The smallest absolute Gasteiger partial charge is 0.309 e. The highest BCUT2D eigenvalue weighted by atomic mass is 32.1. The summed E-state index contributed by atoms with van der Waals surface area (Å²) < 4.78 is 5.54. The third-order valence-electron chi connectivity index (χ3n) is 3.61. The molecule has 120 valence electrons. The zero-order valence-corrected chi connectivity index (χ0v) is 12.8. The van der Waals surface area contributed by atoms with Crippen LogP contribution in [0.25, 0.3) is 10.2 Å². The van der Waals surface area contributed by atoms with Crippen LogP contribution in [0.3, 0.4) is 0 Å². The van der Waals surface area contributed by atoms with Crippen LogP contribution in [0.4, 0.5) is 10.8 Å². The average Bonchev–Trinajstić information content (AvgIpc) is 2.84. The van der Waals surface area contributed by atoms with Gasteiger partial charge in [-0.1, -0.05) is 17.8 Å². The maximum absolute atomic E-state index is 11.8. The topological polar surface area (TPSA) is 111 Å². The maximum atomic E-state index is 11.8. The van der Waals surface area contributed by atoms with Crippen molar-refractivity contribution in [3.05, 3.63) is 28.3 Å². The Hall–Kier alpha value is -2.55. The van der Waals surface area contributed by atoms with E-state index in [2.05, 4.69) is 10.3 Å². The van der Waals surface area contributed by atoms with Crippen LogP contribution in [-0.4, -0.2) is 28.4 Å². The van der Waals surface area contributed by atoms with Gasteiger partial charge in [-0.25, -0.2) is 4.98 Å². The molecule has 0 atom stereocenters. The molecule has 23 heavy (non-hydrogen) atoms. The standard InChI is InChI=1S/C14H13N3O5S/c18-12(7-22-13(19)8-2-1-3-8)16-14-15-10-5-4-9(17(20)21)6-11(10)23-14/h4-6,8H,1-3,7H2,(H,15,16,18). The van der Waals surface area contributed by atoms with Gasteiger partial charge in [-0.05, 0) is 18.9 Å². The van der Waals surface area contributed by atoms with Gasteiger partial charge in [0.15, 0.2) is 11.7 Å². The lowest BCUT2D eigenvalue weighted by Gasteiger charge is -2.22. The van der Waals surface area contributed by atoms with Gasteiger partial charge in [0.1, 0.15) is 0 Å². The fraction of sp³-hybridized carbons (Fsp3) is 0.357. The number of non-ortho nitro benzene ring substituents is 1. The molecule has 1 fully saturated rings. The monoisotopic (exact) mass is 335 g/mol. The van der Waals surface area contributed by atoms with Gasteiger partial charge < -0.3 is 4.74 Å². The number of anilines is 1. The van der Waals surface area contributed by atoms with Gasteiger partial charge in [-0.3, -0.25) is 25.0 Å². The molecule has 0 saturated heterocycles. The van der Waals surface area contributed by atoms with E-state index < -0.39 is 10.8 Å². The molecule has 8 nitrogen and oxygen atoms in total. The van der Waals surface area contributed by atoms with Crippen molar-refractivity contribution >= 4 is 44.2 Å². The molecule has 0 unspecified atom stereocenters. The van der Waals surface area contributed by atoms with Crippen molar-refractivity contribution in [2.45, 2.75) is 19.3 Å². The van der Waals surface area contributed by atoms with Crippen molar-refractivity contribution < 1.29 is 19.2 Å². The van der Waals surface area contributed by atoms with E-state index in [1.54, 1.807) is 0 Å². The summed E-state index contributed by atoms with van der Waals surface area (Å²) in [5.41, 5.74) is 0.524. The Bertz CT molecular complexity index is 784. The molecule has 1 aliphatic carbocycles. The number of aromatic nitrogens is 1. The van der Waals surface area contributed by atoms with E-state index in [9.17, 15) is 19.7 Å². The summed E-state index contributed by atoms with van der Waals surface area (Å²) in [5.74, 6) is -0.900. The number of hydrogen-bond donors (Lipinski definition) is 1. The molecule has 3 rings (SSSR count). The second-order valence-electron chi connectivity index (χ2n) is 5.21. The van der Waals surface area contributed by atoms with Crippen molar-refractivity contribution in [1.82, 2.24) is 4.98 Å². The summed E-state index contributed by atoms with van der Waals surface area (Å²) in [6.07, 6.45) is 2.65.